The van der Waals surface area contributed by atoms with Crippen LogP contribution in [0.4, 0.5) is 4.79 Å². The Balaban J connectivity index is 1.64. The van der Waals surface area contributed by atoms with E-state index in [0.29, 0.717) is 22.2 Å². The third kappa shape index (κ3) is 3.07. The lowest BCUT2D eigenvalue weighted by atomic mass is 9.73. The zero-order valence-corrected chi connectivity index (χ0v) is 15.0. The third-order valence-corrected chi connectivity index (χ3v) is 5.51. The van der Waals surface area contributed by atoms with Crippen molar-refractivity contribution >= 4 is 35.1 Å². The zero-order chi connectivity index (χ0) is 17.3. The first-order valence-corrected chi connectivity index (χ1v) is 8.91. The highest BCUT2D eigenvalue weighted by atomic mass is 35.5. The van der Waals surface area contributed by atoms with Gasteiger partial charge in [0.05, 0.1) is 11.6 Å². The highest BCUT2D eigenvalue weighted by molar-refractivity contribution is 6.34. The second-order valence-electron chi connectivity index (χ2n) is 6.43. The summed E-state index contributed by atoms with van der Waals surface area (Å²) in [4.78, 5) is 26.3. The van der Waals surface area contributed by atoms with Gasteiger partial charge in [-0.3, -0.25) is 9.69 Å². The predicted octanol–water partition coefficient (Wildman–Crippen LogP) is 3.87. The van der Waals surface area contributed by atoms with E-state index in [2.05, 4.69) is 5.32 Å². The molecule has 7 heteroatoms. The SMILES string of the molecule is C[C@H]1CCCC[C@]12NC(=O)N(CCOc1cc(Cl)ccc1Cl)C2=O. The predicted molar refractivity (Wildman–Crippen MR) is 92.6 cm³/mol. The van der Waals surface area contributed by atoms with Gasteiger partial charge in [-0.1, -0.05) is 43.0 Å². The van der Waals surface area contributed by atoms with Crippen molar-refractivity contribution in [3.05, 3.63) is 28.2 Å². The normalized spacial score (nSPS) is 26.8. The van der Waals surface area contributed by atoms with Crippen LogP contribution in [0, 0.1) is 5.92 Å². The fourth-order valence-corrected chi connectivity index (χ4v) is 3.87. The molecule has 24 heavy (non-hydrogen) atoms. The number of hydrogen-bond acceptors (Lipinski definition) is 3. The smallest absolute Gasteiger partial charge is 0.325 e. The van der Waals surface area contributed by atoms with Crippen LogP contribution in [-0.2, 0) is 4.79 Å². The van der Waals surface area contributed by atoms with Crippen LogP contribution in [0.5, 0.6) is 5.75 Å². The van der Waals surface area contributed by atoms with Gasteiger partial charge in [0.1, 0.15) is 17.9 Å². The van der Waals surface area contributed by atoms with Gasteiger partial charge in [-0.2, -0.15) is 0 Å². The molecule has 0 bridgehead atoms. The number of nitrogens with zero attached hydrogens (tertiary/aromatic N) is 1. The van der Waals surface area contributed by atoms with Crippen molar-refractivity contribution < 1.29 is 14.3 Å². The summed E-state index contributed by atoms with van der Waals surface area (Å²) < 4.78 is 5.59. The lowest BCUT2D eigenvalue weighted by Crippen LogP contribution is -2.54. The molecule has 2 fully saturated rings. The first-order chi connectivity index (χ1) is 11.4. The quantitative estimate of drug-likeness (QED) is 0.818. The average Bonchev–Trinajstić information content (AvgIpc) is 2.78. The van der Waals surface area contributed by atoms with Gasteiger partial charge < -0.3 is 10.1 Å². The van der Waals surface area contributed by atoms with Crippen LogP contribution in [0.25, 0.3) is 0 Å². The molecule has 5 nitrogen and oxygen atoms in total. The standard InChI is InChI=1S/C17H20Cl2N2O3/c1-11-4-2-3-7-17(11)15(22)21(16(23)20-17)8-9-24-14-10-12(18)5-6-13(14)19/h5-6,10-11H,2-4,7-9H2,1H3,(H,20,23)/t11-,17-/m0/s1. The van der Waals surface area contributed by atoms with Crippen molar-refractivity contribution in [3.63, 3.8) is 0 Å². The molecule has 1 aliphatic carbocycles. The summed E-state index contributed by atoms with van der Waals surface area (Å²) in [5.41, 5.74) is -0.733. The summed E-state index contributed by atoms with van der Waals surface area (Å²) in [6, 6.07) is 4.59. The maximum Gasteiger partial charge on any atom is 0.325 e. The number of urea groups is 1. The molecular weight excluding hydrogens is 351 g/mol. The second kappa shape index (κ2) is 6.81. The molecule has 1 aliphatic heterocycles. The van der Waals surface area contributed by atoms with Crippen LogP contribution in [0.3, 0.4) is 0 Å². The molecule has 3 rings (SSSR count). The van der Waals surface area contributed by atoms with Crippen molar-refractivity contribution in [2.75, 3.05) is 13.2 Å². The maximum absolute atomic E-state index is 12.8. The Kier molecular flexibility index (Phi) is 4.92. The molecule has 1 spiro atoms. The van der Waals surface area contributed by atoms with Gasteiger partial charge in [0.2, 0.25) is 0 Å². The first kappa shape index (κ1) is 17.4. The lowest BCUT2D eigenvalue weighted by Gasteiger charge is -2.36. The molecule has 2 atom stereocenters. The van der Waals surface area contributed by atoms with E-state index in [1.165, 1.54) is 4.90 Å². The summed E-state index contributed by atoms with van der Waals surface area (Å²) in [6.45, 7) is 2.38. The number of nitrogens with one attached hydrogen (secondary N) is 1. The summed E-state index contributed by atoms with van der Waals surface area (Å²) in [6.07, 6.45) is 3.71. The Morgan fingerprint density at radius 2 is 2.12 bits per heavy atom. The summed E-state index contributed by atoms with van der Waals surface area (Å²) in [5.74, 6) is 0.452. The Morgan fingerprint density at radius 1 is 1.33 bits per heavy atom. The van der Waals surface area contributed by atoms with E-state index >= 15 is 0 Å². The zero-order valence-electron chi connectivity index (χ0n) is 13.5. The first-order valence-electron chi connectivity index (χ1n) is 8.16. The highest BCUT2D eigenvalue weighted by Crippen LogP contribution is 2.38. The number of ether oxygens (including phenoxy) is 1. The van der Waals surface area contributed by atoms with E-state index in [9.17, 15) is 9.59 Å². The Bertz CT molecular complexity index is 667. The summed E-state index contributed by atoms with van der Waals surface area (Å²) in [5, 5.41) is 3.87. The van der Waals surface area contributed by atoms with E-state index in [1.54, 1.807) is 18.2 Å². The van der Waals surface area contributed by atoms with Crippen LogP contribution in [0.2, 0.25) is 10.0 Å². The van der Waals surface area contributed by atoms with Crippen LogP contribution in [0.15, 0.2) is 18.2 Å². The number of carbonyl (C=O) groups is 2. The number of amides is 3. The number of halogens is 2. The van der Waals surface area contributed by atoms with Crippen molar-refractivity contribution in [2.24, 2.45) is 5.92 Å². The van der Waals surface area contributed by atoms with Crippen LogP contribution < -0.4 is 10.1 Å². The molecular formula is C17H20Cl2N2O3. The van der Waals surface area contributed by atoms with Crippen molar-refractivity contribution in [1.82, 2.24) is 10.2 Å². The molecule has 2 aliphatic rings. The minimum Gasteiger partial charge on any atom is -0.490 e. The molecule has 0 unspecified atom stereocenters. The summed E-state index contributed by atoms with van der Waals surface area (Å²) in [7, 11) is 0. The molecule has 1 saturated heterocycles. The molecule has 0 radical (unpaired) electrons. The number of hydrogen-bond donors (Lipinski definition) is 1. The van der Waals surface area contributed by atoms with Gasteiger partial charge in [-0.15, -0.1) is 0 Å². The largest absolute Gasteiger partial charge is 0.490 e. The minimum absolute atomic E-state index is 0.138. The van der Waals surface area contributed by atoms with Gasteiger partial charge >= 0.3 is 6.03 Å². The van der Waals surface area contributed by atoms with E-state index in [1.807, 2.05) is 6.92 Å². The number of imide groups is 1. The molecule has 1 aromatic carbocycles. The van der Waals surface area contributed by atoms with Crippen LogP contribution >= 0.6 is 23.2 Å². The van der Waals surface area contributed by atoms with Gasteiger partial charge in [-0.25, -0.2) is 4.79 Å². The van der Waals surface area contributed by atoms with E-state index < -0.39 is 5.54 Å². The van der Waals surface area contributed by atoms with Crippen LogP contribution in [-0.4, -0.2) is 35.5 Å². The molecule has 3 amide bonds. The van der Waals surface area contributed by atoms with E-state index in [-0.39, 0.29) is 31.0 Å². The number of carbonyl (C=O) groups excluding carboxylic acids is 2. The average molecular weight is 371 g/mol. The molecule has 1 saturated carbocycles. The van der Waals surface area contributed by atoms with Gasteiger partial charge in [-0.05, 0) is 30.9 Å². The fourth-order valence-electron chi connectivity index (χ4n) is 3.53. The van der Waals surface area contributed by atoms with Crippen LogP contribution in [0.1, 0.15) is 32.6 Å². The Hall–Kier alpha value is -1.46. The second-order valence-corrected chi connectivity index (χ2v) is 7.27. The molecule has 130 valence electrons. The highest BCUT2D eigenvalue weighted by Gasteiger charge is 2.54. The molecule has 1 heterocycles. The molecule has 1 aromatic rings. The van der Waals surface area contributed by atoms with Crippen molar-refractivity contribution in [3.8, 4) is 5.75 Å². The van der Waals surface area contributed by atoms with Crippen molar-refractivity contribution in [1.29, 1.82) is 0 Å². The van der Waals surface area contributed by atoms with E-state index in [4.69, 9.17) is 27.9 Å². The lowest BCUT2D eigenvalue weighted by molar-refractivity contribution is -0.134. The van der Waals surface area contributed by atoms with Gasteiger partial charge in [0.25, 0.3) is 5.91 Å². The minimum atomic E-state index is -0.733. The summed E-state index contributed by atoms with van der Waals surface area (Å²) >= 11 is 12.0. The number of benzene rings is 1. The number of rotatable bonds is 4. The Morgan fingerprint density at radius 3 is 2.88 bits per heavy atom. The molecule has 1 N–H and O–H groups in total. The molecule has 0 aromatic heterocycles. The third-order valence-electron chi connectivity index (χ3n) is 4.97. The van der Waals surface area contributed by atoms with E-state index in [0.717, 1.165) is 19.3 Å². The Labute approximate surface area is 151 Å². The van der Waals surface area contributed by atoms with Crippen molar-refractivity contribution in [2.45, 2.75) is 38.1 Å². The van der Waals surface area contributed by atoms with Gasteiger partial charge in [0.15, 0.2) is 0 Å². The topological polar surface area (TPSA) is 58.6 Å². The maximum atomic E-state index is 12.8. The monoisotopic (exact) mass is 370 g/mol. The fraction of sp³-hybridized carbons (Fsp3) is 0.529. The van der Waals surface area contributed by atoms with Gasteiger partial charge in [0, 0.05) is 11.1 Å².